The Balaban J connectivity index is 1.71. The molecule has 0 bridgehead atoms. The van der Waals surface area contributed by atoms with E-state index >= 15 is 0 Å². The summed E-state index contributed by atoms with van der Waals surface area (Å²) >= 11 is 0. The third-order valence-corrected chi connectivity index (χ3v) is 4.77. The van der Waals surface area contributed by atoms with Gasteiger partial charge in [0.2, 0.25) is 5.95 Å². The molecule has 2 aromatic carbocycles. The predicted octanol–water partition coefficient (Wildman–Crippen LogP) is 4.41. The van der Waals surface area contributed by atoms with Crippen LogP contribution in [-0.2, 0) is 6.54 Å². The monoisotopic (exact) mass is 332 g/mol. The number of aromatic nitrogens is 3. The molecule has 0 spiro atoms. The van der Waals surface area contributed by atoms with Gasteiger partial charge in [-0.3, -0.25) is 10.1 Å². The standard InChI is InChI=1S/C20H20N4O/c1-4-24-18-8-6-5-7-17(18)22-20(24)23-19(25)14-9-10-16-15(11-14)12(2)13(3)21-16/h5-11,21H,4H2,1-3H3,(H,22,23,25). The molecule has 0 aliphatic carbocycles. The minimum Gasteiger partial charge on any atom is -0.358 e. The normalized spacial score (nSPS) is 11.3. The zero-order valence-electron chi connectivity index (χ0n) is 14.6. The molecule has 0 radical (unpaired) electrons. The molecule has 0 saturated heterocycles. The fraction of sp³-hybridized carbons (Fsp3) is 0.200. The highest BCUT2D eigenvalue weighted by atomic mass is 16.1. The average Bonchev–Trinajstić information content (AvgIpc) is 3.11. The maximum atomic E-state index is 12.7. The van der Waals surface area contributed by atoms with Gasteiger partial charge < -0.3 is 9.55 Å². The molecule has 2 N–H and O–H groups in total. The van der Waals surface area contributed by atoms with E-state index in [4.69, 9.17) is 0 Å². The summed E-state index contributed by atoms with van der Waals surface area (Å²) in [5, 5.41) is 4.04. The first-order valence-electron chi connectivity index (χ1n) is 8.44. The fourth-order valence-corrected chi connectivity index (χ4v) is 3.27. The van der Waals surface area contributed by atoms with Crippen molar-refractivity contribution in [2.75, 3.05) is 5.32 Å². The molecule has 2 heterocycles. The van der Waals surface area contributed by atoms with Crippen LogP contribution in [0, 0.1) is 13.8 Å². The molecular formula is C20H20N4O. The SMILES string of the molecule is CCn1c(NC(=O)c2ccc3[nH]c(C)c(C)c3c2)nc2ccccc21. The Bertz CT molecular complexity index is 1100. The summed E-state index contributed by atoms with van der Waals surface area (Å²) in [4.78, 5) is 20.6. The summed E-state index contributed by atoms with van der Waals surface area (Å²) < 4.78 is 2.01. The number of nitrogens with zero attached hydrogens (tertiary/aromatic N) is 2. The molecule has 0 unspecified atom stereocenters. The van der Waals surface area contributed by atoms with E-state index in [-0.39, 0.29) is 5.91 Å². The van der Waals surface area contributed by atoms with Crippen LogP contribution in [-0.4, -0.2) is 20.4 Å². The summed E-state index contributed by atoms with van der Waals surface area (Å²) in [6.07, 6.45) is 0. The highest BCUT2D eigenvalue weighted by Gasteiger charge is 2.14. The number of H-pyrrole nitrogens is 1. The second-order valence-electron chi connectivity index (χ2n) is 6.26. The third-order valence-electron chi connectivity index (χ3n) is 4.77. The van der Waals surface area contributed by atoms with E-state index < -0.39 is 0 Å². The number of hydrogen-bond acceptors (Lipinski definition) is 2. The molecule has 0 aliphatic rings. The second-order valence-corrected chi connectivity index (χ2v) is 6.26. The smallest absolute Gasteiger partial charge is 0.257 e. The predicted molar refractivity (Wildman–Crippen MR) is 101 cm³/mol. The number of carbonyl (C=O) groups is 1. The van der Waals surface area contributed by atoms with Gasteiger partial charge in [-0.05, 0) is 56.7 Å². The molecular weight excluding hydrogens is 312 g/mol. The summed E-state index contributed by atoms with van der Waals surface area (Å²) in [5.41, 5.74) is 5.88. The Morgan fingerprint density at radius 1 is 1.20 bits per heavy atom. The van der Waals surface area contributed by atoms with Gasteiger partial charge in [-0.25, -0.2) is 4.98 Å². The Hall–Kier alpha value is -3.08. The van der Waals surface area contributed by atoms with Gasteiger partial charge in [0.15, 0.2) is 0 Å². The van der Waals surface area contributed by atoms with Crippen molar-refractivity contribution >= 4 is 33.8 Å². The van der Waals surface area contributed by atoms with Crippen LogP contribution in [0.3, 0.4) is 0 Å². The maximum absolute atomic E-state index is 12.7. The molecule has 4 rings (SSSR count). The first-order valence-corrected chi connectivity index (χ1v) is 8.44. The number of para-hydroxylation sites is 2. The van der Waals surface area contributed by atoms with Gasteiger partial charge in [-0.2, -0.15) is 0 Å². The van der Waals surface area contributed by atoms with Crippen LogP contribution in [0.1, 0.15) is 28.5 Å². The van der Waals surface area contributed by atoms with Crippen LogP contribution < -0.4 is 5.32 Å². The minimum atomic E-state index is -0.148. The summed E-state index contributed by atoms with van der Waals surface area (Å²) in [6.45, 7) is 6.89. The van der Waals surface area contributed by atoms with E-state index in [2.05, 4.69) is 22.2 Å². The number of rotatable bonds is 3. The van der Waals surface area contributed by atoms with Gasteiger partial charge in [0.25, 0.3) is 5.91 Å². The lowest BCUT2D eigenvalue weighted by molar-refractivity contribution is 0.102. The van der Waals surface area contributed by atoms with Crippen molar-refractivity contribution in [3.63, 3.8) is 0 Å². The van der Waals surface area contributed by atoms with Crippen molar-refractivity contribution < 1.29 is 4.79 Å². The fourth-order valence-electron chi connectivity index (χ4n) is 3.27. The summed E-state index contributed by atoms with van der Waals surface area (Å²) in [5.74, 6) is 0.431. The molecule has 25 heavy (non-hydrogen) atoms. The maximum Gasteiger partial charge on any atom is 0.257 e. The number of hydrogen-bond donors (Lipinski definition) is 2. The van der Waals surface area contributed by atoms with E-state index in [1.807, 2.05) is 60.9 Å². The van der Waals surface area contributed by atoms with E-state index in [1.54, 1.807) is 0 Å². The van der Waals surface area contributed by atoms with Crippen molar-refractivity contribution in [2.45, 2.75) is 27.3 Å². The molecule has 1 amide bonds. The van der Waals surface area contributed by atoms with Crippen LogP contribution >= 0.6 is 0 Å². The number of aromatic amines is 1. The van der Waals surface area contributed by atoms with Crippen molar-refractivity contribution in [3.05, 3.63) is 59.3 Å². The second kappa shape index (κ2) is 5.77. The van der Waals surface area contributed by atoms with E-state index in [0.717, 1.165) is 34.2 Å². The summed E-state index contributed by atoms with van der Waals surface area (Å²) in [6, 6.07) is 13.6. The first kappa shape index (κ1) is 15.4. The van der Waals surface area contributed by atoms with Gasteiger partial charge in [0.05, 0.1) is 11.0 Å². The number of fused-ring (bicyclic) bond motifs is 2. The molecule has 0 fully saturated rings. The van der Waals surface area contributed by atoms with Crippen molar-refractivity contribution in [2.24, 2.45) is 0 Å². The Morgan fingerprint density at radius 3 is 2.80 bits per heavy atom. The van der Waals surface area contributed by atoms with Crippen LogP contribution in [0.25, 0.3) is 21.9 Å². The van der Waals surface area contributed by atoms with E-state index in [9.17, 15) is 4.79 Å². The van der Waals surface area contributed by atoms with Gasteiger partial charge in [-0.15, -0.1) is 0 Å². The van der Waals surface area contributed by atoms with Gasteiger partial charge in [0.1, 0.15) is 0 Å². The molecule has 5 nitrogen and oxygen atoms in total. The topological polar surface area (TPSA) is 62.7 Å². The molecule has 2 aromatic heterocycles. The van der Waals surface area contributed by atoms with E-state index in [1.165, 1.54) is 5.56 Å². The molecule has 0 aliphatic heterocycles. The van der Waals surface area contributed by atoms with Gasteiger partial charge >= 0.3 is 0 Å². The Morgan fingerprint density at radius 2 is 2.00 bits per heavy atom. The van der Waals surface area contributed by atoms with Crippen molar-refractivity contribution in [3.8, 4) is 0 Å². The zero-order valence-corrected chi connectivity index (χ0v) is 14.6. The number of amides is 1. The molecule has 5 heteroatoms. The third kappa shape index (κ3) is 2.48. The number of anilines is 1. The lowest BCUT2D eigenvalue weighted by atomic mass is 10.1. The zero-order chi connectivity index (χ0) is 17.6. The highest BCUT2D eigenvalue weighted by Crippen LogP contribution is 2.24. The van der Waals surface area contributed by atoms with Crippen LogP contribution in [0.15, 0.2) is 42.5 Å². The molecule has 0 atom stereocenters. The van der Waals surface area contributed by atoms with Gasteiger partial charge in [-0.1, -0.05) is 12.1 Å². The Kier molecular flexibility index (Phi) is 3.57. The van der Waals surface area contributed by atoms with Crippen molar-refractivity contribution in [1.29, 1.82) is 0 Å². The number of benzene rings is 2. The lowest BCUT2D eigenvalue weighted by Crippen LogP contribution is -2.15. The molecule has 0 saturated carbocycles. The number of imidazole rings is 1. The number of aryl methyl sites for hydroxylation is 3. The lowest BCUT2D eigenvalue weighted by Gasteiger charge is -2.08. The minimum absolute atomic E-state index is 0.148. The van der Waals surface area contributed by atoms with Gasteiger partial charge in [0, 0.05) is 28.7 Å². The highest BCUT2D eigenvalue weighted by molar-refractivity contribution is 6.06. The van der Waals surface area contributed by atoms with Crippen LogP contribution in [0.4, 0.5) is 5.95 Å². The number of carbonyl (C=O) groups excluding carboxylic acids is 1. The number of nitrogens with one attached hydrogen (secondary N) is 2. The van der Waals surface area contributed by atoms with Crippen molar-refractivity contribution in [1.82, 2.24) is 14.5 Å². The molecule has 126 valence electrons. The first-order chi connectivity index (χ1) is 12.1. The largest absolute Gasteiger partial charge is 0.358 e. The average molecular weight is 332 g/mol. The van der Waals surface area contributed by atoms with E-state index in [0.29, 0.717) is 11.5 Å². The summed E-state index contributed by atoms with van der Waals surface area (Å²) in [7, 11) is 0. The van der Waals surface area contributed by atoms with Crippen LogP contribution in [0.5, 0.6) is 0 Å². The molecule has 4 aromatic rings. The van der Waals surface area contributed by atoms with Crippen LogP contribution in [0.2, 0.25) is 0 Å². The Labute approximate surface area is 145 Å². The quantitative estimate of drug-likeness (QED) is 0.584.